The van der Waals surface area contributed by atoms with Gasteiger partial charge in [0.15, 0.2) is 0 Å². The SMILES string of the molecule is C1=Cc2nc1c(/C=C/c1ccccc1)c1ccc([nH]1)c(/C=C/c1ccccc1)c1nc(c(/C=C/c3ccccc3)c3ccc([nH]3)c2/C=C/c2ccccc2)C=C1. The van der Waals surface area contributed by atoms with Crippen molar-refractivity contribution in [3.05, 3.63) is 213 Å². The molecule has 7 aromatic rings. The van der Waals surface area contributed by atoms with Gasteiger partial charge in [-0.1, -0.05) is 170 Å². The van der Waals surface area contributed by atoms with Gasteiger partial charge in [-0.3, -0.25) is 0 Å². The fraction of sp³-hybridized carbons (Fsp3) is 0. The Hall–Kier alpha value is -7.56. The van der Waals surface area contributed by atoms with Gasteiger partial charge in [0, 0.05) is 44.3 Å². The van der Waals surface area contributed by atoms with Crippen LogP contribution in [0.4, 0.5) is 0 Å². The predicted octanol–water partition coefficient (Wildman–Crippen LogP) is 13.3. The van der Waals surface area contributed by atoms with Crippen molar-refractivity contribution in [1.82, 2.24) is 19.9 Å². The zero-order valence-electron chi connectivity index (χ0n) is 30.7. The average Bonchev–Trinajstić information content (AvgIpc) is 4.10. The molecule has 0 spiro atoms. The summed E-state index contributed by atoms with van der Waals surface area (Å²) >= 11 is 0. The molecule has 5 heterocycles. The maximum absolute atomic E-state index is 5.33. The highest BCUT2D eigenvalue weighted by molar-refractivity contribution is 5.95. The van der Waals surface area contributed by atoms with Crippen LogP contribution < -0.4 is 0 Å². The second-order valence-corrected chi connectivity index (χ2v) is 13.6. The Morgan fingerprint density at radius 1 is 0.268 bits per heavy atom. The standard InChI is InChI=1S/C52H38N4/c1-5-13-37(14-6-1)21-25-41-45-29-31-47(53-45)42(26-22-38-15-7-2-8-16-38)49-33-35-51(55-49)44(28-24-40-19-11-4-12-20-40)52-36-34-50(56-52)43(48-32-30-46(41)54-48)27-23-39-17-9-3-10-18-39/h1-36,53,56H/b25-21+,26-22+,27-23+,28-24+,45-41?,46-41?,47-42?,48-43?,49-42?,50-43?,51-44?,52-44?. The molecule has 266 valence electrons. The molecule has 4 aromatic carbocycles. The summed E-state index contributed by atoms with van der Waals surface area (Å²) in [5, 5.41) is 0. The van der Waals surface area contributed by atoms with Crippen molar-refractivity contribution in [3.8, 4) is 0 Å². The highest BCUT2D eigenvalue weighted by atomic mass is 14.8. The summed E-state index contributed by atoms with van der Waals surface area (Å²) in [5.74, 6) is 0. The summed E-state index contributed by atoms with van der Waals surface area (Å²) in [6.45, 7) is 0. The highest BCUT2D eigenvalue weighted by Gasteiger charge is 2.14. The summed E-state index contributed by atoms with van der Waals surface area (Å²) in [6.07, 6.45) is 25.7. The number of rotatable bonds is 8. The Kier molecular flexibility index (Phi) is 9.66. The summed E-state index contributed by atoms with van der Waals surface area (Å²) in [5.41, 5.74) is 15.7. The quantitative estimate of drug-likeness (QED) is 0.164. The Balaban J connectivity index is 1.35. The lowest BCUT2D eigenvalue weighted by molar-refractivity contribution is 1.29. The molecule has 0 aliphatic carbocycles. The van der Waals surface area contributed by atoms with Crippen molar-refractivity contribution < 1.29 is 0 Å². The van der Waals surface area contributed by atoms with Gasteiger partial charge in [0.2, 0.25) is 0 Å². The molecule has 9 rings (SSSR count). The van der Waals surface area contributed by atoms with Crippen molar-refractivity contribution in [1.29, 1.82) is 0 Å². The van der Waals surface area contributed by atoms with Crippen LogP contribution in [0.3, 0.4) is 0 Å². The molecule has 4 heteroatoms. The second-order valence-electron chi connectivity index (χ2n) is 13.6. The fourth-order valence-electron chi connectivity index (χ4n) is 6.97. The molecule has 0 amide bonds. The molecule has 2 aliphatic rings. The van der Waals surface area contributed by atoms with Crippen LogP contribution in [0.1, 0.15) is 67.3 Å². The molecule has 0 saturated carbocycles. The zero-order valence-corrected chi connectivity index (χ0v) is 30.7. The molecular formula is C52H38N4. The van der Waals surface area contributed by atoms with Crippen molar-refractivity contribution in [2.24, 2.45) is 0 Å². The summed E-state index contributed by atoms with van der Waals surface area (Å²) in [4.78, 5) is 18.2. The number of H-pyrrole nitrogens is 2. The number of hydrogen-bond donors (Lipinski definition) is 2. The molecular weight excluding hydrogens is 681 g/mol. The van der Waals surface area contributed by atoms with Crippen LogP contribution in [0.5, 0.6) is 0 Å². The maximum Gasteiger partial charge on any atom is 0.0731 e. The third kappa shape index (κ3) is 7.58. The largest absolute Gasteiger partial charge is 0.354 e. The van der Waals surface area contributed by atoms with E-state index >= 15 is 0 Å². The minimum absolute atomic E-state index is 0.873. The van der Waals surface area contributed by atoms with Gasteiger partial charge in [-0.2, -0.15) is 0 Å². The van der Waals surface area contributed by atoms with Gasteiger partial charge < -0.3 is 9.97 Å². The smallest absolute Gasteiger partial charge is 0.0731 e. The van der Waals surface area contributed by atoms with Crippen LogP contribution in [-0.2, 0) is 0 Å². The first-order valence-corrected chi connectivity index (χ1v) is 18.8. The third-order valence-electron chi connectivity index (χ3n) is 9.88. The average molecular weight is 719 g/mol. The van der Waals surface area contributed by atoms with Gasteiger partial charge >= 0.3 is 0 Å². The van der Waals surface area contributed by atoms with Crippen molar-refractivity contribution >= 4 is 95.0 Å². The summed E-state index contributed by atoms with van der Waals surface area (Å²) in [6, 6.07) is 50.1. The molecule has 0 fully saturated rings. The number of hydrogen-bond acceptors (Lipinski definition) is 2. The van der Waals surface area contributed by atoms with Crippen LogP contribution in [0.2, 0.25) is 0 Å². The molecule has 0 atom stereocenters. The number of aromatic amines is 2. The third-order valence-corrected chi connectivity index (χ3v) is 9.88. The van der Waals surface area contributed by atoms with E-state index in [1.165, 1.54) is 0 Å². The van der Waals surface area contributed by atoms with Gasteiger partial charge in [-0.15, -0.1) is 0 Å². The lowest BCUT2D eigenvalue weighted by Gasteiger charge is -2.01. The molecule has 56 heavy (non-hydrogen) atoms. The summed E-state index contributed by atoms with van der Waals surface area (Å²) < 4.78 is 0. The second kappa shape index (κ2) is 15.8. The first-order valence-electron chi connectivity index (χ1n) is 18.8. The number of aromatic nitrogens is 4. The molecule has 8 bridgehead atoms. The van der Waals surface area contributed by atoms with Gasteiger partial charge in [-0.25, -0.2) is 9.97 Å². The van der Waals surface area contributed by atoms with E-state index in [4.69, 9.17) is 9.97 Å². The van der Waals surface area contributed by atoms with E-state index in [1.54, 1.807) is 0 Å². The van der Waals surface area contributed by atoms with E-state index in [-0.39, 0.29) is 0 Å². The van der Waals surface area contributed by atoms with Crippen LogP contribution in [-0.4, -0.2) is 19.9 Å². The first kappa shape index (κ1) is 34.2. The number of nitrogens with one attached hydrogen (secondary N) is 2. The van der Waals surface area contributed by atoms with Gasteiger partial charge in [-0.05, 0) is 70.8 Å². The van der Waals surface area contributed by atoms with Gasteiger partial charge in [0.25, 0.3) is 0 Å². The molecule has 0 saturated heterocycles. The lowest BCUT2D eigenvalue weighted by atomic mass is 10.1. The lowest BCUT2D eigenvalue weighted by Crippen LogP contribution is -1.88. The zero-order chi connectivity index (χ0) is 37.5. The van der Waals surface area contributed by atoms with E-state index in [0.29, 0.717) is 0 Å². The van der Waals surface area contributed by atoms with Crippen molar-refractivity contribution in [2.45, 2.75) is 0 Å². The molecule has 4 nitrogen and oxygen atoms in total. The van der Waals surface area contributed by atoms with E-state index < -0.39 is 0 Å². The van der Waals surface area contributed by atoms with Gasteiger partial charge in [0.05, 0.1) is 22.8 Å². The van der Waals surface area contributed by atoms with Crippen molar-refractivity contribution in [2.75, 3.05) is 0 Å². The number of nitrogens with zero attached hydrogens (tertiary/aromatic N) is 2. The summed E-state index contributed by atoms with van der Waals surface area (Å²) in [7, 11) is 0. The Morgan fingerprint density at radius 3 is 0.732 bits per heavy atom. The molecule has 2 N–H and O–H groups in total. The molecule has 2 aliphatic heterocycles. The molecule has 0 unspecified atom stereocenters. The Bertz CT molecular complexity index is 2480. The normalized spacial score (nSPS) is 12.6. The monoisotopic (exact) mass is 718 g/mol. The van der Waals surface area contributed by atoms with Crippen LogP contribution in [0.15, 0.2) is 146 Å². The molecule has 3 aromatic heterocycles. The topological polar surface area (TPSA) is 57.4 Å². The fourth-order valence-corrected chi connectivity index (χ4v) is 6.97. The minimum atomic E-state index is 0.873. The highest BCUT2D eigenvalue weighted by Crippen LogP contribution is 2.30. The van der Waals surface area contributed by atoms with Crippen LogP contribution in [0.25, 0.3) is 95.0 Å². The van der Waals surface area contributed by atoms with Crippen LogP contribution in [0, 0.1) is 0 Å². The van der Waals surface area contributed by atoms with Crippen molar-refractivity contribution in [3.63, 3.8) is 0 Å². The van der Waals surface area contributed by atoms with E-state index in [9.17, 15) is 0 Å². The minimum Gasteiger partial charge on any atom is -0.354 e. The predicted molar refractivity (Wildman–Crippen MR) is 240 cm³/mol. The molecule has 0 radical (unpaired) electrons. The van der Waals surface area contributed by atoms with E-state index in [2.05, 4.69) is 204 Å². The van der Waals surface area contributed by atoms with Crippen LogP contribution >= 0.6 is 0 Å². The number of benzene rings is 4. The first-order chi connectivity index (χ1) is 27.7. The van der Waals surface area contributed by atoms with E-state index in [0.717, 1.165) is 89.4 Å². The van der Waals surface area contributed by atoms with E-state index in [1.807, 2.05) is 24.3 Å². The number of fused-ring (bicyclic) bond motifs is 8. The maximum atomic E-state index is 5.33. The Labute approximate surface area is 326 Å². The van der Waals surface area contributed by atoms with Gasteiger partial charge in [0.1, 0.15) is 0 Å². The Morgan fingerprint density at radius 2 is 0.500 bits per heavy atom.